The van der Waals surface area contributed by atoms with E-state index >= 15 is 0 Å². The Hall–Kier alpha value is -0.940. The summed E-state index contributed by atoms with van der Waals surface area (Å²) in [7, 11) is 0. The van der Waals surface area contributed by atoms with Gasteiger partial charge >= 0.3 is 0 Å². The smallest absolute Gasteiger partial charge is 0.220 e. The summed E-state index contributed by atoms with van der Waals surface area (Å²) < 4.78 is 0. The molecule has 8 atom stereocenters. The number of ketones is 1. The van der Waals surface area contributed by atoms with Crippen molar-refractivity contribution in [2.24, 2.45) is 40.4 Å². The van der Waals surface area contributed by atoms with Crippen molar-refractivity contribution in [3.8, 4) is 0 Å². The van der Waals surface area contributed by atoms with E-state index in [1.807, 2.05) is 0 Å². The topological polar surface area (TPSA) is 86.6 Å². The first-order chi connectivity index (χ1) is 16.3. The maximum atomic E-state index is 12.4. The molecular formula is C29H49NO4. The van der Waals surface area contributed by atoms with Gasteiger partial charge in [-0.25, -0.2) is 0 Å². The van der Waals surface area contributed by atoms with Gasteiger partial charge in [-0.15, -0.1) is 0 Å². The van der Waals surface area contributed by atoms with Crippen molar-refractivity contribution in [3.63, 3.8) is 0 Å². The van der Waals surface area contributed by atoms with Crippen LogP contribution in [0.2, 0.25) is 0 Å². The minimum Gasteiger partial charge on any atom is -0.395 e. The number of Topliss-reactive ketones (excluding diaryl/α,β-unsaturated/α-hetero) is 1. The molecule has 3 unspecified atom stereocenters. The normalized spacial score (nSPS) is 41.5. The molecule has 0 aromatic rings. The zero-order valence-electron chi connectivity index (χ0n) is 21.7. The molecule has 3 N–H and O–H groups in total. The zero-order valence-corrected chi connectivity index (χ0v) is 21.7. The van der Waals surface area contributed by atoms with Crippen molar-refractivity contribution < 1.29 is 19.8 Å². The van der Waals surface area contributed by atoms with Crippen molar-refractivity contribution in [1.29, 1.82) is 0 Å². The Balaban J connectivity index is 1.34. The minimum atomic E-state index is -0.132. The summed E-state index contributed by atoms with van der Waals surface area (Å²) in [5.41, 5.74) is 0.421. The summed E-state index contributed by atoms with van der Waals surface area (Å²) in [5.74, 6) is 3.90. The number of aliphatic hydroxyl groups is 2. The molecule has 4 fully saturated rings. The molecule has 4 rings (SSSR count). The van der Waals surface area contributed by atoms with Crippen molar-refractivity contribution >= 4 is 11.7 Å². The van der Waals surface area contributed by atoms with Crippen molar-refractivity contribution in [3.05, 3.63) is 0 Å². The quantitative estimate of drug-likeness (QED) is 0.387. The monoisotopic (exact) mass is 475 g/mol. The summed E-state index contributed by atoms with van der Waals surface area (Å²) in [6.07, 6.45) is 15.8. The van der Waals surface area contributed by atoms with Crippen molar-refractivity contribution in [2.75, 3.05) is 13.2 Å². The van der Waals surface area contributed by atoms with Gasteiger partial charge < -0.3 is 15.5 Å². The molecule has 0 heterocycles. The minimum absolute atomic E-state index is 0.00188. The third kappa shape index (κ3) is 5.12. The molecule has 1 amide bonds. The number of nitrogens with one attached hydrogen (secondary N) is 1. The predicted molar refractivity (Wildman–Crippen MR) is 134 cm³/mol. The van der Waals surface area contributed by atoms with E-state index in [4.69, 9.17) is 5.11 Å². The van der Waals surface area contributed by atoms with E-state index in [0.717, 1.165) is 56.8 Å². The summed E-state index contributed by atoms with van der Waals surface area (Å²) >= 11 is 0. The molecule has 0 aliphatic heterocycles. The molecular weight excluding hydrogens is 426 g/mol. The van der Waals surface area contributed by atoms with Crippen LogP contribution >= 0.6 is 0 Å². The lowest BCUT2D eigenvalue weighted by atomic mass is 9.42. The van der Waals surface area contributed by atoms with Crippen LogP contribution in [0, 0.1) is 40.4 Å². The van der Waals surface area contributed by atoms with Crippen molar-refractivity contribution in [1.82, 2.24) is 5.32 Å². The lowest BCUT2D eigenvalue weighted by Gasteiger charge is -2.62. The number of unbranched alkanes of at least 4 members (excludes halogenated alkanes) is 4. The number of carbonyl (C=O) groups is 2. The highest BCUT2D eigenvalue weighted by Gasteiger charge is 2.62. The van der Waals surface area contributed by atoms with E-state index in [1.54, 1.807) is 0 Å². The van der Waals surface area contributed by atoms with Crippen LogP contribution in [0.25, 0.3) is 0 Å². The number of hydrogen-bond acceptors (Lipinski definition) is 4. The molecule has 34 heavy (non-hydrogen) atoms. The number of hydrogen-bond donors (Lipinski definition) is 3. The van der Waals surface area contributed by atoms with Crippen LogP contribution in [-0.4, -0.2) is 41.2 Å². The van der Waals surface area contributed by atoms with Crippen LogP contribution in [0.3, 0.4) is 0 Å². The molecule has 4 saturated carbocycles. The van der Waals surface area contributed by atoms with Gasteiger partial charge in [0.25, 0.3) is 0 Å². The second-order valence-electron chi connectivity index (χ2n) is 12.7. The Morgan fingerprint density at radius 1 is 1.00 bits per heavy atom. The molecule has 0 aromatic heterocycles. The first kappa shape index (κ1) is 26.1. The number of aliphatic hydroxyl groups excluding tert-OH is 2. The molecule has 0 bridgehead atoms. The van der Waals surface area contributed by atoms with Crippen molar-refractivity contribution in [2.45, 2.75) is 116 Å². The van der Waals surface area contributed by atoms with E-state index < -0.39 is 0 Å². The van der Waals surface area contributed by atoms with Gasteiger partial charge in [0.15, 0.2) is 0 Å². The van der Waals surface area contributed by atoms with Gasteiger partial charge in [0.1, 0.15) is 5.78 Å². The van der Waals surface area contributed by atoms with E-state index in [1.165, 1.54) is 44.9 Å². The maximum Gasteiger partial charge on any atom is 0.220 e. The molecule has 5 heteroatoms. The fourth-order valence-corrected chi connectivity index (χ4v) is 9.00. The van der Waals surface area contributed by atoms with Gasteiger partial charge in [0.2, 0.25) is 5.91 Å². The second kappa shape index (κ2) is 11.0. The Morgan fingerprint density at radius 3 is 2.53 bits per heavy atom. The maximum absolute atomic E-state index is 12.4. The van der Waals surface area contributed by atoms with E-state index in [-0.39, 0.29) is 24.0 Å². The van der Waals surface area contributed by atoms with Crippen LogP contribution in [0.4, 0.5) is 0 Å². The molecule has 4 aliphatic rings. The van der Waals surface area contributed by atoms with Crippen LogP contribution in [-0.2, 0) is 9.59 Å². The Morgan fingerprint density at radius 2 is 1.74 bits per heavy atom. The van der Waals surface area contributed by atoms with Crippen LogP contribution in [0.1, 0.15) is 110 Å². The van der Waals surface area contributed by atoms with Gasteiger partial charge in [0, 0.05) is 25.8 Å². The van der Waals surface area contributed by atoms with Crippen LogP contribution in [0.5, 0.6) is 0 Å². The summed E-state index contributed by atoms with van der Waals surface area (Å²) in [6, 6.07) is 0. The van der Waals surface area contributed by atoms with E-state index in [2.05, 4.69) is 19.2 Å². The Kier molecular flexibility index (Phi) is 8.44. The average molecular weight is 476 g/mol. The van der Waals surface area contributed by atoms with Gasteiger partial charge in [0.05, 0.1) is 12.7 Å². The van der Waals surface area contributed by atoms with Crippen LogP contribution in [0.15, 0.2) is 0 Å². The number of carbonyl (C=O) groups excluding carboxylic acids is 2. The first-order valence-electron chi connectivity index (χ1n) is 14.4. The molecule has 0 radical (unpaired) electrons. The standard InChI is InChI=1S/C29H49NO4/c1-28-14-12-22(32)19-21(28)18-20(8-6-4-3-5-7-9-26(34)30-16-17-31)27-23-10-11-25(33)29(23,2)15-13-24(27)28/h20-21,23-25,27,31,33H,3-19H2,1-2H3,(H,30,34)/t20?,21?,23-,24+,25?,27-,28-,29-/m0/s1. The molecule has 4 aliphatic carbocycles. The molecule has 5 nitrogen and oxygen atoms in total. The van der Waals surface area contributed by atoms with E-state index in [0.29, 0.717) is 41.9 Å². The molecule has 0 spiro atoms. The third-order valence-electron chi connectivity index (χ3n) is 11.0. The lowest BCUT2D eigenvalue weighted by molar-refractivity contribution is -0.156. The molecule has 0 aromatic carbocycles. The van der Waals surface area contributed by atoms with Gasteiger partial charge in [-0.2, -0.15) is 0 Å². The molecule has 194 valence electrons. The summed E-state index contributed by atoms with van der Waals surface area (Å²) in [4.78, 5) is 24.1. The third-order valence-corrected chi connectivity index (χ3v) is 11.0. The number of rotatable bonds is 10. The Bertz CT molecular complexity index is 725. The number of amides is 1. The van der Waals surface area contributed by atoms with E-state index in [9.17, 15) is 14.7 Å². The summed E-state index contributed by atoms with van der Waals surface area (Å²) in [6.45, 7) is 5.24. The summed E-state index contributed by atoms with van der Waals surface area (Å²) in [5, 5.41) is 22.4. The van der Waals surface area contributed by atoms with Crippen LogP contribution < -0.4 is 5.32 Å². The largest absolute Gasteiger partial charge is 0.395 e. The van der Waals surface area contributed by atoms with Gasteiger partial charge in [-0.1, -0.05) is 46.0 Å². The lowest BCUT2D eigenvalue weighted by Crippen LogP contribution is -2.57. The second-order valence-corrected chi connectivity index (χ2v) is 12.7. The zero-order chi connectivity index (χ0) is 24.3. The number of fused-ring (bicyclic) bond motifs is 5. The Labute approximate surface area is 206 Å². The highest BCUT2D eigenvalue weighted by Crippen LogP contribution is 2.67. The average Bonchev–Trinajstić information content (AvgIpc) is 3.12. The highest BCUT2D eigenvalue weighted by atomic mass is 16.3. The van der Waals surface area contributed by atoms with Gasteiger partial charge in [-0.3, -0.25) is 9.59 Å². The predicted octanol–water partition coefficient (Wildman–Crippen LogP) is 5.02. The SMILES string of the molecule is C[C@]12CCC(=O)CC1CC(CCCCCCCC(=O)NCCO)[C@@H]1[C@H]2CC[C@]2(C)C(O)CC[C@@H]12. The van der Waals surface area contributed by atoms with Gasteiger partial charge in [-0.05, 0) is 85.4 Å². The first-order valence-corrected chi connectivity index (χ1v) is 14.4. The highest BCUT2D eigenvalue weighted by molar-refractivity contribution is 5.79. The fraction of sp³-hybridized carbons (Fsp3) is 0.931. The fourth-order valence-electron chi connectivity index (χ4n) is 9.00. The molecule has 0 saturated heterocycles.